The lowest BCUT2D eigenvalue weighted by atomic mass is 9.77. The topological polar surface area (TPSA) is 128 Å². The van der Waals surface area contributed by atoms with Crippen LogP contribution in [0.25, 0.3) is 0 Å². The van der Waals surface area contributed by atoms with Crippen LogP contribution in [0, 0.1) is 5.41 Å². The van der Waals surface area contributed by atoms with Crippen LogP contribution in [0.4, 0.5) is 17.6 Å². The molecule has 5 N–H and O–H groups in total. The first-order valence-electron chi connectivity index (χ1n) is 8.55. The number of piperidine rings is 1. The largest absolute Gasteiger partial charge is 0.494 e. The highest BCUT2D eigenvalue weighted by atomic mass is 16.5. The maximum Gasteiger partial charge on any atom is 0.311 e. The van der Waals surface area contributed by atoms with E-state index in [1.165, 1.54) is 0 Å². The van der Waals surface area contributed by atoms with Crippen LogP contribution < -0.4 is 21.1 Å². The number of ether oxygens (including phenoxy) is 1. The summed E-state index contributed by atoms with van der Waals surface area (Å²) in [7, 11) is 0. The fourth-order valence-electron chi connectivity index (χ4n) is 3.33. The number of para-hydroxylation sites is 1. The number of nitrogens with zero attached hydrogens (tertiary/aromatic N) is 3. The van der Waals surface area contributed by atoms with Crippen LogP contribution in [0.5, 0.6) is 5.75 Å². The van der Waals surface area contributed by atoms with Gasteiger partial charge in [0.25, 0.3) is 0 Å². The van der Waals surface area contributed by atoms with Gasteiger partial charge in [0.15, 0.2) is 0 Å². The number of hydrogen-bond donors (Lipinski definition) is 3. The highest BCUT2D eigenvalue weighted by Crippen LogP contribution is 2.36. The van der Waals surface area contributed by atoms with Crippen LogP contribution in [0.3, 0.4) is 0 Å². The van der Waals surface area contributed by atoms with Gasteiger partial charge in [0.2, 0.25) is 5.95 Å². The quantitative estimate of drug-likeness (QED) is 0.714. The Kier molecular flexibility index (Phi) is 5.11. The van der Waals surface area contributed by atoms with Gasteiger partial charge in [-0.25, -0.2) is 0 Å². The maximum absolute atomic E-state index is 12.1. The van der Waals surface area contributed by atoms with E-state index >= 15 is 0 Å². The molecule has 0 amide bonds. The molecule has 0 spiro atoms. The number of rotatable bonds is 6. The van der Waals surface area contributed by atoms with Gasteiger partial charge in [0.1, 0.15) is 17.4 Å². The molecular formula is C18H23N5O3. The summed E-state index contributed by atoms with van der Waals surface area (Å²) in [6.07, 6.45) is 1.73. The fraction of sp³-hybridized carbons (Fsp3) is 0.389. The van der Waals surface area contributed by atoms with E-state index in [1.807, 2.05) is 35.2 Å². The van der Waals surface area contributed by atoms with E-state index in [4.69, 9.17) is 16.2 Å². The normalized spacial score (nSPS) is 19.9. The summed E-state index contributed by atoms with van der Waals surface area (Å²) >= 11 is 0. The van der Waals surface area contributed by atoms with Crippen molar-refractivity contribution in [2.24, 2.45) is 5.41 Å². The minimum absolute atomic E-state index is 0.0823. The first-order valence-corrected chi connectivity index (χ1v) is 8.55. The lowest BCUT2D eigenvalue weighted by Crippen LogP contribution is -2.49. The molecule has 1 atom stereocenters. The molecule has 1 saturated heterocycles. The second-order valence-electron chi connectivity index (χ2n) is 6.53. The zero-order valence-corrected chi connectivity index (χ0v) is 14.5. The van der Waals surface area contributed by atoms with Gasteiger partial charge in [0.05, 0.1) is 12.0 Å². The van der Waals surface area contributed by atoms with Crippen molar-refractivity contribution in [1.82, 2.24) is 9.97 Å². The Bertz CT molecular complexity index is 750. The summed E-state index contributed by atoms with van der Waals surface area (Å²) in [5.74, 6) is 0.820. The van der Waals surface area contributed by atoms with Crippen LogP contribution >= 0.6 is 0 Å². The van der Waals surface area contributed by atoms with Crippen LogP contribution in [0.2, 0.25) is 0 Å². The van der Waals surface area contributed by atoms with Crippen molar-refractivity contribution in [3.05, 3.63) is 36.4 Å². The van der Waals surface area contributed by atoms with Crippen molar-refractivity contribution in [2.45, 2.75) is 19.3 Å². The van der Waals surface area contributed by atoms with Gasteiger partial charge in [-0.05, 0) is 31.4 Å². The third-order valence-electron chi connectivity index (χ3n) is 4.70. The molecule has 26 heavy (non-hydrogen) atoms. The predicted octanol–water partition coefficient (Wildman–Crippen LogP) is 1.78. The maximum atomic E-state index is 12.1. The Morgan fingerprint density at radius 3 is 2.73 bits per heavy atom. The molecule has 0 aliphatic carbocycles. The summed E-state index contributed by atoms with van der Waals surface area (Å²) in [5.41, 5.74) is 10.5. The monoisotopic (exact) mass is 357 g/mol. The SMILES string of the molecule is Nc1cc(N2CCCC(CCOc3ccccc3)(C(=O)O)C2)nc(N)n1. The molecule has 2 aromatic rings. The van der Waals surface area contributed by atoms with Crippen molar-refractivity contribution in [1.29, 1.82) is 0 Å². The number of aromatic nitrogens is 2. The van der Waals surface area contributed by atoms with E-state index < -0.39 is 11.4 Å². The van der Waals surface area contributed by atoms with E-state index in [-0.39, 0.29) is 11.8 Å². The zero-order valence-electron chi connectivity index (χ0n) is 14.5. The van der Waals surface area contributed by atoms with Crippen molar-refractivity contribution >= 4 is 23.6 Å². The van der Waals surface area contributed by atoms with Gasteiger partial charge < -0.3 is 26.2 Å². The summed E-state index contributed by atoms with van der Waals surface area (Å²) in [4.78, 5) is 22.0. The summed E-state index contributed by atoms with van der Waals surface area (Å²) in [5, 5.41) is 9.90. The standard InChI is InChI=1S/C18H23N5O3/c19-14-11-15(22-17(20)21-14)23-9-4-7-18(12-23,16(24)25)8-10-26-13-5-2-1-3-6-13/h1-3,5-6,11H,4,7-10,12H2,(H,24,25)(H4,19,20,21,22). The van der Waals surface area contributed by atoms with Gasteiger partial charge in [-0.15, -0.1) is 0 Å². The highest BCUT2D eigenvalue weighted by Gasteiger charge is 2.42. The molecule has 8 nitrogen and oxygen atoms in total. The minimum Gasteiger partial charge on any atom is -0.494 e. The molecule has 0 radical (unpaired) electrons. The molecule has 2 heterocycles. The van der Waals surface area contributed by atoms with E-state index in [2.05, 4.69) is 9.97 Å². The lowest BCUT2D eigenvalue weighted by Gasteiger charge is -2.40. The molecule has 1 aliphatic heterocycles. The lowest BCUT2D eigenvalue weighted by molar-refractivity contribution is -0.150. The fourth-order valence-corrected chi connectivity index (χ4v) is 3.33. The molecule has 8 heteroatoms. The van der Waals surface area contributed by atoms with Crippen molar-refractivity contribution in [3.63, 3.8) is 0 Å². The molecular weight excluding hydrogens is 334 g/mol. The first-order chi connectivity index (χ1) is 12.5. The van der Waals surface area contributed by atoms with Crippen LogP contribution in [0.1, 0.15) is 19.3 Å². The third kappa shape index (κ3) is 3.96. The average Bonchev–Trinajstić information content (AvgIpc) is 2.62. The van der Waals surface area contributed by atoms with Gasteiger partial charge in [-0.2, -0.15) is 9.97 Å². The van der Waals surface area contributed by atoms with Gasteiger partial charge in [-0.1, -0.05) is 18.2 Å². The van der Waals surface area contributed by atoms with E-state index in [0.717, 1.165) is 12.2 Å². The molecule has 138 valence electrons. The van der Waals surface area contributed by atoms with Crippen LogP contribution in [-0.4, -0.2) is 40.7 Å². The Hall–Kier alpha value is -3.03. The molecule has 1 aromatic carbocycles. The number of anilines is 3. The smallest absolute Gasteiger partial charge is 0.311 e. The van der Waals surface area contributed by atoms with Crippen molar-refractivity contribution < 1.29 is 14.6 Å². The molecule has 3 rings (SSSR count). The molecule has 0 bridgehead atoms. The number of carboxylic acid groups (broad SMARTS) is 1. The average molecular weight is 357 g/mol. The molecule has 1 fully saturated rings. The third-order valence-corrected chi connectivity index (χ3v) is 4.70. The second-order valence-corrected chi connectivity index (χ2v) is 6.53. The van der Waals surface area contributed by atoms with Crippen LogP contribution in [0.15, 0.2) is 36.4 Å². The van der Waals surface area contributed by atoms with E-state index in [9.17, 15) is 9.90 Å². The first kappa shape index (κ1) is 17.8. The number of hydrogen-bond acceptors (Lipinski definition) is 7. The zero-order chi connectivity index (χ0) is 18.6. The number of nitrogens with two attached hydrogens (primary N) is 2. The van der Waals surface area contributed by atoms with Crippen molar-refractivity contribution in [3.8, 4) is 5.75 Å². The summed E-state index contributed by atoms with van der Waals surface area (Å²) < 4.78 is 5.72. The van der Waals surface area contributed by atoms with E-state index in [1.54, 1.807) is 6.07 Å². The number of aliphatic carboxylic acids is 1. The molecule has 1 aliphatic rings. The number of carbonyl (C=O) groups is 1. The Balaban J connectivity index is 1.72. The Morgan fingerprint density at radius 1 is 1.27 bits per heavy atom. The highest BCUT2D eigenvalue weighted by molar-refractivity contribution is 5.76. The van der Waals surface area contributed by atoms with E-state index in [0.29, 0.717) is 38.4 Å². The van der Waals surface area contributed by atoms with Gasteiger partial charge in [0, 0.05) is 19.2 Å². The number of benzene rings is 1. The number of carboxylic acids is 1. The Morgan fingerprint density at radius 2 is 2.04 bits per heavy atom. The summed E-state index contributed by atoms with van der Waals surface area (Å²) in [6, 6.07) is 11.0. The molecule has 1 aromatic heterocycles. The van der Waals surface area contributed by atoms with Crippen molar-refractivity contribution in [2.75, 3.05) is 36.1 Å². The molecule has 1 unspecified atom stereocenters. The van der Waals surface area contributed by atoms with Crippen LogP contribution in [-0.2, 0) is 4.79 Å². The number of nitrogen functional groups attached to an aromatic ring is 2. The van der Waals surface area contributed by atoms with Gasteiger partial charge >= 0.3 is 5.97 Å². The minimum atomic E-state index is -0.901. The molecule has 0 saturated carbocycles. The van der Waals surface area contributed by atoms with Gasteiger partial charge in [-0.3, -0.25) is 4.79 Å². The second kappa shape index (κ2) is 7.47. The Labute approximate surface area is 151 Å². The predicted molar refractivity (Wildman–Crippen MR) is 98.9 cm³/mol. The summed E-state index contributed by atoms with van der Waals surface area (Å²) in [6.45, 7) is 1.36.